The van der Waals surface area contributed by atoms with Crippen molar-refractivity contribution in [3.8, 4) is 11.5 Å². The topological polar surface area (TPSA) is 30.9 Å². The maximum atomic E-state index is 5.42. The number of hydrogen-bond donors (Lipinski definition) is 0. The fraction of sp³-hybridized carbons (Fsp3) is 0.600. The Hall–Kier alpha value is -1.26. The van der Waals surface area contributed by atoms with Crippen molar-refractivity contribution in [1.29, 1.82) is 0 Å². The van der Waals surface area contributed by atoms with Gasteiger partial charge in [0.15, 0.2) is 11.5 Å². The molecule has 4 nitrogen and oxygen atoms in total. The Morgan fingerprint density at radius 1 is 1.21 bits per heavy atom. The van der Waals surface area contributed by atoms with Gasteiger partial charge in [0.1, 0.15) is 0 Å². The first-order valence-electron chi connectivity index (χ1n) is 6.63. The van der Waals surface area contributed by atoms with Crippen molar-refractivity contribution in [1.82, 2.24) is 4.90 Å². The van der Waals surface area contributed by atoms with Crippen molar-refractivity contribution in [2.75, 3.05) is 27.1 Å². The molecule has 1 aliphatic heterocycles. The third-order valence-corrected chi connectivity index (χ3v) is 3.32. The molecule has 0 saturated heterocycles. The van der Waals surface area contributed by atoms with Gasteiger partial charge in [0.2, 0.25) is 6.79 Å². The molecular formula is C15H23NO3. The summed E-state index contributed by atoms with van der Waals surface area (Å²) in [4.78, 5) is 2.40. The van der Waals surface area contributed by atoms with E-state index in [0.29, 0.717) is 6.79 Å². The summed E-state index contributed by atoms with van der Waals surface area (Å²) in [6.45, 7) is 9.51. The first-order valence-corrected chi connectivity index (χ1v) is 6.63. The molecule has 0 atom stereocenters. The van der Waals surface area contributed by atoms with E-state index in [1.807, 2.05) is 6.07 Å². The summed E-state index contributed by atoms with van der Waals surface area (Å²) in [5, 5.41) is 0. The lowest BCUT2D eigenvalue weighted by Crippen LogP contribution is -2.42. The molecule has 0 N–H and O–H groups in total. The molecule has 0 radical (unpaired) electrons. The smallest absolute Gasteiger partial charge is 0.231 e. The van der Waals surface area contributed by atoms with Gasteiger partial charge < -0.3 is 14.2 Å². The maximum absolute atomic E-state index is 5.42. The second kappa shape index (κ2) is 5.80. The Morgan fingerprint density at radius 3 is 2.63 bits per heavy atom. The summed E-state index contributed by atoms with van der Waals surface area (Å²) in [7, 11) is 1.74. The predicted molar refractivity (Wildman–Crippen MR) is 74.6 cm³/mol. The summed E-state index contributed by atoms with van der Waals surface area (Å²) >= 11 is 0. The van der Waals surface area contributed by atoms with Crippen molar-refractivity contribution < 1.29 is 14.2 Å². The summed E-state index contributed by atoms with van der Waals surface area (Å²) < 4.78 is 15.9. The van der Waals surface area contributed by atoms with Crippen molar-refractivity contribution >= 4 is 0 Å². The second-order valence-corrected chi connectivity index (χ2v) is 5.77. The fourth-order valence-corrected chi connectivity index (χ4v) is 2.11. The fourth-order valence-electron chi connectivity index (χ4n) is 2.11. The van der Waals surface area contributed by atoms with Crippen LogP contribution in [0.25, 0.3) is 0 Å². The van der Waals surface area contributed by atoms with Crippen molar-refractivity contribution in [2.45, 2.75) is 32.9 Å². The monoisotopic (exact) mass is 265 g/mol. The molecule has 0 aliphatic carbocycles. The molecule has 0 amide bonds. The van der Waals surface area contributed by atoms with E-state index in [1.54, 1.807) is 7.11 Å². The molecule has 1 aliphatic rings. The minimum Gasteiger partial charge on any atom is -0.454 e. The summed E-state index contributed by atoms with van der Waals surface area (Å²) in [6, 6.07) is 6.14. The highest BCUT2D eigenvalue weighted by Gasteiger charge is 2.22. The lowest BCUT2D eigenvalue weighted by Gasteiger charge is -2.35. The molecular weight excluding hydrogens is 242 g/mol. The Kier molecular flexibility index (Phi) is 4.32. The molecule has 0 saturated carbocycles. The van der Waals surface area contributed by atoms with Gasteiger partial charge in [-0.1, -0.05) is 6.07 Å². The highest BCUT2D eigenvalue weighted by atomic mass is 16.7. The van der Waals surface area contributed by atoms with E-state index in [1.165, 1.54) is 5.56 Å². The summed E-state index contributed by atoms with van der Waals surface area (Å²) in [5.41, 5.74) is 1.34. The minimum absolute atomic E-state index is 0.106. The third-order valence-electron chi connectivity index (χ3n) is 3.32. The molecule has 1 heterocycles. The van der Waals surface area contributed by atoms with Gasteiger partial charge in [-0.25, -0.2) is 0 Å². The van der Waals surface area contributed by atoms with Crippen LogP contribution in [-0.2, 0) is 11.3 Å². The molecule has 0 aromatic heterocycles. The van der Waals surface area contributed by atoms with E-state index in [2.05, 4.69) is 37.8 Å². The van der Waals surface area contributed by atoms with Gasteiger partial charge in [-0.2, -0.15) is 0 Å². The number of benzene rings is 1. The lowest BCUT2D eigenvalue weighted by atomic mass is 10.0. The third kappa shape index (κ3) is 3.61. The number of methoxy groups -OCH3 is 1. The zero-order valence-corrected chi connectivity index (χ0v) is 12.2. The van der Waals surface area contributed by atoms with Crippen LogP contribution in [0.5, 0.6) is 11.5 Å². The molecule has 0 unspecified atom stereocenters. The van der Waals surface area contributed by atoms with Gasteiger partial charge in [-0.3, -0.25) is 4.90 Å². The average molecular weight is 265 g/mol. The minimum atomic E-state index is 0.106. The van der Waals surface area contributed by atoms with Gasteiger partial charge in [0.05, 0.1) is 6.61 Å². The van der Waals surface area contributed by atoms with Crippen LogP contribution >= 0.6 is 0 Å². The van der Waals surface area contributed by atoms with Crippen LogP contribution < -0.4 is 9.47 Å². The molecule has 2 rings (SSSR count). The van der Waals surface area contributed by atoms with E-state index in [-0.39, 0.29) is 5.54 Å². The van der Waals surface area contributed by atoms with Gasteiger partial charge >= 0.3 is 0 Å². The Morgan fingerprint density at radius 2 is 1.95 bits per heavy atom. The largest absolute Gasteiger partial charge is 0.454 e. The quantitative estimate of drug-likeness (QED) is 0.819. The molecule has 0 spiro atoms. The first-order chi connectivity index (χ1) is 9.00. The average Bonchev–Trinajstić information content (AvgIpc) is 2.80. The lowest BCUT2D eigenvalue weighted by molar-refractivity contribution is 0.0806. The van der Waals surface area contributed by atoms with E-state index in [9.17, 15) is 0 Å². The van der Waals surface area contributed by atoms with Crippen LogP contribution in [0.4, 0.5) is 0 Å². The Bertz CT molecular complexity index is 426. The van der Waals surface area contributed by atoms with E-state index >= 15 is 0 Å². The molecule has 1 aromatic rings. The second-order valence-electron chi connectivity index (χ2n) is 5.77. The molecule has 4 heteroatoms. The number of fused-ring (bicyclic) bond motifs is 1. The zero-order chi connectivity index (χ0) is 13.9. The standard InChI is InChI=1S/C15H23NO3/c1-15(2,3)16(7-8-17-4)10-12-5-6-13-14(9-12)19-11-18-13/h5-6,9H,7-8,10-11H2,1-4H3. The van der Waals surface area contributed by atoms with Crippen molar-refractivity contribution in [3.63, 3.8) is 0 Å². The normalized spacial score (nSPS) is 14.2. The molecule has 1 aromatic carbocycles. The van der Waals surface area contributed by atoms with Crippen LogP contribution in [0.15, 0.2) is 18.2 Å². The van der Waals surface area contributed by atoms with Crippen LogP contribution in [0.3, 0.4) is 0 Å². The van der Waals surface area contributed by atoms with E-state index in [4.69, 9.17) is 14.2 Å². The van der Waals surface area contributed by atoms with E-state index in [0.717, 1.165) is 31.2 Å². The van der Waals surface area contributed by atoms with Crippen molar-refractivity contribution in [3.05, 3.63) is 23.8 Å². The summed E-state index contributed by atoms with van der Waals surface area (Å²) in [5.74, 6) is 1.68. The van der Waals surface area contributed by atoms with E-state index < -0.39 is 0 Å². The van der Waals surface area contributed by atoms with Crippen molar-refractivity contribution in [2.24, 2.45) is 0 Å². The Labute approximate surface area is 115 Å². The van der Waals surface area contributed by atoms with Crippen LogP contribution in [0.2, 0.25) is 0 Å². The number of hydrogen-bond acceptors (Lipinski definition) is 4. The first kappa shape index (κ1) is 14.2. The number of rotatable bonds is 5. The van der Waals surface area contributed by atoms with Crippen LogP contribution in [0.1, 0.15) is 26.3 Å². The van der Waals surface area contributed by atoms with Crippen LogP contribution in [-0.4, -0.2) is 37.5 Å². The SMILES string of the molecule is COCCN(Cc1ccc2c(c1)OCO2)C(C)(C)C. The summed E-state index contributed by atoms with van der Waals surface area (Å²) in [6.07, 6.45) is 0. The van der Waals surface area contributed by atoms with Gasteiger partial charge in [-0.05, 0) is 38.5 Å². The molecule has 0 fully saturated rings. The number of nitrogens with zero attached hydrogens (tertiary/aromatic N) is 1. The highest BCUT2D eigenvalue weighted by Crippen LogP contribution is 2.33. The predicted octanol–water partition coefficient (Wildman–Crippen LogP) is 2.66. The van der Waals surface area contributed by atoms with Gasteiger partial charge in [0, 0.05) is 25.7 Å². The van der Waals surface area contributed by atoms with Crippen LogP contribution in [0, 0.1) is 0 Å². The maximum Gasteiger partial charge on any atom is 0.231 e. The molecule has 19 heavy (non-hydrogen) atoms. The molecule has 106 valence electrons. The van der Waals surface area contributed by atoms with Gasteiger partial charge in [0.25, 0.3) is 0 Å². The Balaban J connectivity index is 2.08. The highest BCUT2D eigenvalue weighted by molar-refractivity contribution is 5.44. The zero-order valence-electron chi connectivity index (χ0n) is 12.2. The molecule has 0 bridgehead atoms. The number of ether oxygens (including phenoxy) is 3. The van der Waals surface area contributed by atoms with Gasteiger partial charge in [-0.15, -0.1) is 0 Å².